The predicted octanol–water partition coefficient (Wildman–Crippen LogP) is 0.697. The molecule has 0 aliphatic carbocycles. The summed E-state index contributed by atoms with van der Waals surface area (Å²) in [4.78, 5) is 23.3. The molecule has 0 saturated carbocycles. The second-order valence-electron chi connectivity index (χ2n) is 4.42. The molecular weight excluding hydrogens is 279 g/mol. The molecule has 8 heteroatoms. The molecule has 4 N–H and O–H groups in total. The van der Waals surface area contributed by atoms with Crippen LogP contribution in [0.5, 0.6) is 0 Å². The Balaban J connectivity index is 2.27. The average molecular weight is 292 g/mol. The number of nitrogens with one attached hydrogen (secondary N) is 1. The number of carbonyl (C=O) groups excluding carboxylic acids is 1. The van der Waals surface area contributed by atoms with E-state index < -0.39 is 23.7 Å². The van der Waals surface area contributed by atoms with Crippen LogP contribution in [-0.2, 0) is 11.8 Å². The molecule has 2 aromatic rings. The Morgan fingerprint density at radius 2 is 2.19 bits per heavy atom. The zero-order valence-electron chi connectivity index (χ0n) is 11.1. The summed E-state index contributed by atoms with van der Waals surface area (Å²) in [5.41, 5.74) is 5.83. The van der Waals surface area contributed by atoms with E-state index in [1.54, 1.807) is 7.05 Å². The van der Waals surface area contributed by atoms with Gasteiger partial charge in [0.1, 0.15) is 5.82 Å². The number of aliphatic carboxylic acids is 1. The standard InChI is InChI=1S/C13H13FN4O3/c1-18-6-7(5-16-18)11(13(20)21)17-12(19)9-4-8(14)2-3-10(9)15/h2-6,11H,15H2,1H3,(H,17,19)(H,20,21). The van der Waals surface area contributed by atoms with Gasteiger partial charge in [-0.25, -0.2) is 9.18 Å². The summed E-state index contributed by atoms with van der Waals surface area (Å²) in [7, 11) is 1.62. The van der Waals surface area contributed by atoms with Crippen LogP contribution < -0.4 is 11.1 Å². The van der Waals surface area contributed by atoms with Crippen molar-refractivity contribution in [3.63, 3.8) is 0 Å². The summed E-state index contributed by atoms with van der Waals surface area (Å²) >= 11 is 0. The minimum Gasteiger partial charge on any atom is -0.479 e. The first-order valence-corrected chi connectivity index (χ1v) is 5.95. The lowest BCUT2D eigenvalue weighted by atomic mass is 10.1. The number of halogens is 1. The predicted molar refractivity (Wildman–Crippen MR) is 71.9 cm³/mol. The Kier molecular flexibility index (Phi) is 3.88. The maximum Gasteiger partial charge on any atom is 0.331 e. The Labute approximate surface area is 119 Å². The van der Waals surface area contributed by atoms with Crippen LogP contribution in [0.15, 0.2) is 30.6 Å². The topological polar surface area (TPSA) is 110 Å². The molecule has 110 valence electrons. The lowest BCUT2D eigenvalue weighted by molar-refractivity contribution is -0.139. The highest BCUT2D eigenvalue weighted by molar-refractivity contribution is 6.00. The quantitative estimate of drug-likeness (QED) is 0.718. The van der Waals surface area contributed by atoms with Gasteiger partial charge in [-0.3, -0.25) is 9.48 Å². The molecule has 0 radical (unpaired) electrons. The number of aryl methyl sites for hydroxylation is 1. The number of carboxylic acid groups (broad SMARTS) is 1. The fraction of sp³-hybridized carbons (Fsp3) is 0.154. The van der Waals surface area contributed by atoms with E-state index in [0.29, 0.717) is 5.56 Å². The summed E-state index contributed by atoms with van der Waals surface area (Å²) < 4.78 is 14.6. The third kappa shape index (κ3) is 3.16. The van der Waals surface area contributed by atoms with Crippen LogP contribution in [0.3, 0.4) is 0 Å². The van der Waals surface area contributed by atoms with Crippen molar-refractivity contribution in [2.75, 3.05) is 5.73 Å². The molecule has 0 bridgehead atoms. The van der Waals surface area contributed by atoms with Gasteiger partial charge in [-0.15, -0.1) is 0 Å². The van der Waals surface area contributed by atoms with E-state index in [0.717, 1.165) is 12.1 Å². The number of amides is 1. The van der Waals surface area contributed by atoms with Gasteiger partial charge in [0.05, 0.1) is 11.8 Å². The number of carboxylic acids is 1. The van der Waals surface area contributed by atoms with Crippen LogP contribution in [-0.4, -0.2) is 26.8 Å². The zero-order valence-corrected chi connectivity index (χ0v) is 11.1. The van der Waals surface area contributed by atoms with Gasteiger partial charge in [0, 0.05) is 24.5 Å². The molecule has 1 atom stereocenters. The molecule has 2 rings (SSSR count). The normalized spacial score (nSPS) is 11.9. The third-order valence-electron chi connectivity index (χ3n) is 2.84. The molecule has 1 heterocycles. The molecule has 1 amide bonds. The molecule has 1 aromatic heterocycles. The van der Waals surface area contributed by atoms with Crippen LogP contribution in [0.2, 0.25) is 0 Å². The first kappa shape index (κ1) is 14.5. The van der Waals surface area contributed by atoms with E-state index in [9.17, 15) is 19.1 Å². The van der Waals surface area contributed by atoms with Gasteiger partial charge in [-0.2, -0.15) is 5.10 Å². The number of hydrogen-bond donors (Lipinski definition) is 3. The highest BCUT2D eigenvalue weighted by Gasteiger charge is 2.25. The third-order valence-corrected chi connectivity index (χ3v) is 2.84. The van der Waals surface area contributed by atoms with Gasteiger partial charge < -0.3 is 16.2 Å². The number of aromatic nitrogens is 2. The molecule has 1 aromatic carbocycles. The SMILES string of the molecule is Cn1cc(C(NC(=O)c2cc(F)ccc2N)C(=O)O)cn1. The number of benzene rings is 1. The van der Waals surface area contributed by atoms with Gasteiger partial charge in [-0.1, -0.05) is 0 Å². The van der Waals surface area contributed by atoms with Crippen molar-refractivity contribution in [2.24, 2.45) is 7.05 Å². The van der Waals surface area contributed by atoms with Crippen molar-refractivity contribution >= 4 is 17.6 Å². The van der Waals surface area contributed by atoms with Gasteiger partial charge in [0.25, 0.3) is 5.91 Å². The largest absolute Gasteiger partial charge is 0.479 e. The number of nitrogen functional groups attached to an aromatic ring is 1. The molecule has 1 unspecified atom stereocenters. The van der Waals surface area contributed by atoms with Gasteiger partial charge in [0.2, 0.25) is 0 Å². The Hall–Kier alpha value is -2.90. The van der Waals surface area contributed by atoms with Crippen molar-refractivity contribution in [1.82, 2.24) is 15.1 Å². The summed E-state index contributed by atoms with van der Waals surface area (Å²) in [5.74, 6) is -2.67. The monoisotopic (exact) mass is 292 g/mol. The van der Waals surface area contributed by atoms with Crippen LogP contribution in [0.1, 0.15) is 22.0 Å². The van der Waals surface area contributed by atoms with E-state index in [1.165, 1.54) is 23.1 Å². The van der Waals surface area contributed by atoms with Crippen molar-refractivity contribution < 1.29 is 19.1 Å². The second-order valence-corrected chi connectivity index (χ2v) is 4.42. The minimum atomic E-state index is -1.30. The minimum absolute atomic E-state index is 0.0595. The molecule has 7 nitrogen and oxygen atoms in total. The number of anilines is 1. The van der Waals surface area contributed by atoms with E-state index >= 15 is 0 Å². The molecule has 0 aliphatic rings. The molecule has 0 saturated heterocycles. The molecule has 0 aliphatic heterocycles. The van der Waals surface area contributed by atoms with Crippen molar-refractivity contribution in [2.45, 2.75) is 6.04 Å². The van der Waals surface area contributed by atoms with Crippen molar-refractivity contribution in [3.8, 4) is 0 Å². The molecule has 0 spiro atoms. The van der Waals surface area contributed by atoms with E-state index in [1.807, 2.05) is 0 Å². The number of carbonyl (C=O) groups is 2. The maximum absolute atomic E-state index is 13.2. The van der Waals surface area contributed by atoms with Gasteiger partial charge in [-0.05, 0) is 18.2 Å². The lowest BCUT2D eigenvalue weighted by Gasteiger charge is -2.14. The van der Waals surface area contributed by atoms with Crippen LogP contribution in [0.25, 0.3) is 0 Å². The summed E-state index contributed by atoms with van der Waals surface area (Å²) in [5, 5.41) is 15.3. The van der Waals surface area contributed by atoms with Crippen molar-refractivity contribution in [3.05, 3.63) is 47.5 Å². The van der Waals surface area contributed by atoms with Crippen LogP contribution in [0.4, 0.5) is 10.1 Å². The first-order valence-electron chi connectivity index (χ1n) is 5.95. The highest BCUT2D eigenvalue weighted by Crippen LogP contribution is 2.17. The summed E-state index contributed by atoms with van der Waals surface area (Å²) in [6, 6.07) is 2.01. The number of rotatable bonds is 4. The number of nitrogens with two attached hydrogens (primary N) is 1. The summed E-state index contributed by atoms with van der Waals surface area (Å²) in [6.45, 7) is 0. The Morgan fingerprint density at radius 1 is 1.48 bits per heavy atom. The zero-order chi connectivity index (χ0) is 15.6. The van der Waals surface area contributed by atoms with Gasteiger partial charge >= 0.3 is 5.97 Å². The molecule has 0 fully saturated rings. The molecular formula is C13H13FN4O3. The van der Waals surface area contributed by atoms with Crippen LogP contribution in [0, 0.1) is 5.82 Å². The first-order chi connectivity index (χ1) is 9.88. The fourth-order valence-electron chi connectivity index (χ4n) is 1.81. The van der Waals surface area contributed by atoms with Gasteiger partial charge in [0.15, 0.2) is 6.04 Å². The number of nitrogens with zero attached hydrogens (tertiary/aromatic N) is 2. The highest BCUT2D eigenvalue weighted by atomic mass is 19.1. The second kappa shape index (κ2) is 5.61. The fourth-order valence-corrected chi connectivity index (χ4v) is 1.81. The average Bonchev–Trinajstić information content (AvgIpc) is 2.84. The summed E-state index contributed by atoms with van der Waals surface area (Å²) in [6.07, 6.45) is 2.79. The Bertz CT molecular complexity index is 698. The van der Waals surface area contributed by atoms with Crippen molar-refractivity contribution in [1.29, 1.82) is 0 Å². The smallest absolute Gasteiger partial charge is 0.331 e. The Morgan fingerprint density at radius 3 is 2.76 bits per heavy atom. The molecule has 21 heavy (non-hydrogen) atoms. The maximum atomic E-state index is 13.2. The van der Waals surface area contributed by atoms with E-state index in [4.69, 9.17) is 5.73 Å². The van der Waals surface area contributed by atoms with E-state index in [-0.39, 0.29) is 11.3 Å². The number of hydrogen-bond acceptors (Lipinski definition) is 4. The lowest BCUT2D eigenvalue weighted by Crippen LogP contribution is -2.34. The van der Waals surface area contributed by atoms with E-state index in [2.05, 4.69) is 10.4 Å². The van der Waals surface area contributed by atoms with Crippen LogP contribution >= 0.6 is 0 Å².